The van der Waals surface area contributed by atoms with Crippen LogP contribution < -0.4 is 15.5 Å². The molecule has 0 saturated heterocycles. The van der Waals surface area contributed by atoms with Gasteiger partial charge in [0.25, 0.3) is 5.91 Å². The van der Waals surface area contributed by atoms with E-state index in [1.54, 1.807) is 31.5 Å². The number of pyridine rings is 1. The molecule has 1 N–H and O–H groups in total. The molecule has 27 heavy (non-hydrogen) atoms. The van der Waals surface area contributed by atoms with Crippen molar-refractivity contribution in [2.75, 3.05) is 7.11 Å². The van der Waals surface area contributed by atoms with Crippen molar-refractivity contribution < 1.29 is 9.53 Å². The number of hydrogen-bond acceptors (Lipinski definition) is 3. The number of carbonyl (C=O) groups excluding carboxylic acids is 1. The Morgan fingerprint density at radius 1 is 1.26 bits per heavy atom. The largest absolute Gasteiger partial charge is 0.496 e. The van der Waals surface area contributed by atoms with Gasteiger partial charge < -0.3 is 14.6 Å². The molecule has 0 spiro atoms. The summed E-state index contributed by atoms with van der Waals surface area (Å²) >= 11 is 6.05. The smallest absolute Gasteiger partial charge is 0.257 e. The van der Waals surface area contributed by atoms with Crippen molar-refractivity contribution in [2.24, 2.45) is 0 Å². The number of ether oxygens (including phenoxy) is 1. The van der Waals surface area contributed by atoms with E-state index in [4.69, 9.17) is 16.3 Å². The van der Waals surface area contributed by atoms with Crippen molar-refractivity contribution in [3.63, 3.8) is 0 Å². The number of rotatable bonds is 5. The Labute approximate surface area is 162 Å². The molecule has 0 bridgehead atoms. The fraction of sp³-hybridized carbons (Fsp3) is 0.238. The number of fused-ring (bicyclic) bond motifs is 1. The van der Waals surface area contributed by atoms with Crippen LogP contribution in [0.3, 0.4) is 0 Å². The molecule has 0 unspecified atom stereocenters. The molecule has 140 valence electrons. The Balaban J connectivity index is 2.01. The molecule has 1 aromatic heterocycles. The first-order valence-corrected chi connectivity index (χ1v) is 9.10. The predicted molar refractivity (Wildman–Crippen MR) is 108 cm³/mol. The van der Waals surface area contributed by atoms with E-state index < -0.39 is 5.91 Å². The lowest BCUT2D eigenvalue weighted by Crippen LogP contribution is -2.32. The van der Waals surface area contributed by atoms with Gasteiger partial charge in [-0.2, -0.15) is 0 Å². The van der Waals surface area contributed by atoms with Gasteiger partial charge in [0, 0.05) is 28.7 Å². The minimum atomic E-state index is -0.428. The van der Waals surface area contributed by atoms with Crippen molar-refractivity contribution >= 4 is 28.4 Å². The summed E-state index contributed by atoms with van der Waals surface area (Å²) in [6.07, 6.45) is 1.60. The Bertz CT molecular complexity index is 1060. The van der Waals surface area contributed by atoms with Gasteiger partial charge in [-0.05, 0) is 38.1 Å². The first-order valence-electron chi connectivity index (χ1n) is 8.72. The van der Waals surface area contributed by atoms with E-state index in [0.29, 0.717) is 22.7 Å². The van der Waals surface area contributed by atoms with Gasteiger partial charge in [0.05, 0.1) is 18.7 Å². The molecule has 5 nitrogen and oxygen atoms in total. The first-order chi connectivity index (χ1) is 13.0. The highest BCUT2D eigenvalue weighted by Gasteiger charge is 2.19. The van der Waals surface area contributed by atoms with E-state index >= 15 is 0 Å². The van der Waals surface area contributed by atoms with Crippen LogP contribution in [-0.4, -0.2) is 17.6 Å². The van der Waals surface area contributed by atoms with Gasteiger partial charge in [0.15, 0.2) is 0 Å². The monoisotopic (exact) mass is 384 g/mol. The van der Waals surface area contributed by atoms with Crippen molar-refractivity contribution in [1.82, 2.24) is 9.88 Å². The van der Waals surface area contributed by atoms with Gasteiger partial charge in [-0.25, -0.2) is 0 Å². The third-order valence-corrected chi connectivity index (χ3v) is 4.82. The molecule has 2 aromatic carbocycles. The number of amides is 1. The fourth-order valence-corrected chi connectivity index (χ4v) is 3.34. The van der Waals surface area contributed by atoms with E-state index in [-0.39, 0.29) is 17.0 Å². The molecule has 1 heterocycles. The van der Waals surface area contributed by atoms with Crippen LogP contribution in [0.5, 0.6) is 5.75 Å². The van der Waals surface area contributed by atoms with Crippen LogP contribution in [0.15, 0.2) is 53.5 Å². The van der Waals surface area contributed by atoms with E-state index in [1.165, 1.54) is 0 Å². The van der Waals surface area contributed by atoms with Crippen LogP contribution in [0.2, 0.25) is 5.02 Å². The minimum Gasteiger partial charge on any atom is -0.496 e. The lowest BCUT2D eigenvalue weighted by Gasteiger charge is -2.18. The molecule has 0 aliphatic carbocycles. The van der Waals surface area contributed by atoms with Gasteiger partial charge in [0.1, 0.15) is 11.3 Å². The number of benzene rings is 2. The maximum absolute atomic E-state index is 12.9. The molecule has 0 saturated carbocycles. The maximum atomic E-state index is 12.9. The second-order valence-corrected chi connectivity index (χ2v) is 6.69. The molecule has 0 aliphatic heterocycles. The Hall–Kier alpha value is -2.79. The maximum Gasteiger partial charge on any atom is 0.257 e. The number of hydrogen-bond donors (Lipinski definition) is 1. The van der Waals surface area contributed by atoms with Gasteiger partial charge in [-0.1, -0.05) is 29.8 Å². The Kier molecular flexibility index (Phi) is 5.51. The summed E-state index contributed by atoms with van der Waals surface area (Å²) in [5.74, 6) is 0.254. The van der Waals surface area contributed by atoms with Crippen molar-refractivity contribution in [3.05, 3.63) is 75.0 Å². The number of methoxy groups -OCH3 is 1. The highest BCUT2D eigenvalue weighted by atomic mass is 35.5. The Morgan fingerprint density at radius 2 is 2.00 bits per heavy atom. The average molecular weight is 385 g/mol. The van der Waals surface area contributed by atoms with Crippen LogP contribution in [-0.2, 0) is 6.54 Å². The summed E-state index contributed by atoms with van der Waals surface area (Å²) in [4.78, 5) is 25.7. The average Bonchev–Trinajstić information content (AvgIpc) is 2.68. The number of halogens is 1. The SMILES string of the molecule is CCn1cc(C(=O)N[C@@H](C)c2ccccc2OC)c(=O)c2cc(Cl)ccc21. The second kappa shape index (κ2) is 7.84. The van der Waals surface area contributed by atoms with Crippen LogP contribution in [0.25, 0.3) is 10.9 Å². The summed E-state index contributed by atoms with van der Waals surface area (Å²) in [7, 11) is 1.58. The highest BCUT2D eigenvalue weighted by Crippen LogP contribution is 2.24. The summed E-state index contributed by atoms with van der Waals surface area (Å²) < 4.78 is 7.22. The predicted octanol–water partition coefficient (Wildman–Crippen LogP) is 4.17. The number of carbonyl (C=O) groups is 1. The second-order valence-electron chi connectivity index (χ2n) is 6.26. The molecule has 0 fully saturated rings. The number of nitrogens with zero attached hydrogens (tertiary/aromatic N) is 1. The summed E-state index contributed by atoms with van der Waals surface area (Å²) in [6.45, 7) is 4.43. The van der Waals surface area contributed by atoms with Crippen molar-refractivity contribution in [2.45, 2.75) is 26.4 Å². The molecule has 6 heteroatoms. The molecule has 1 amide bonds. The lowest BCUT2D eigenvalue weighted by molar-refractivity contribution is 0.0938. The minimum absolute atomic E-state index is 0.0911. The van der Waals surface area contributed by atoms with Crippen molar-refractivity contribution in [1.29, 1.82) is 0 Å². The van der Waals surface area contributed by atoms with Gasteiger partial charge in [-0.15, -0.1) is 0 Å². The van der Waals surface area contributed by atoms with E-state index in [1.807, 2.05) is 42.7 Å². The van der Waals surface area contributed by atoms with E-state index in [2.05, 4.69) is 5.32 Å². The quantitative estimate of drug-likeness (QED) is 0.718. The van der Waals surface area contributed by atoms with E-state index in [0.717, 1.165) is 11.1 Å². The van der Waals surface area contributed by atoms with Crippen LogP contribution in [0, 0.1) is 0 Å². The molecule has 0 aliphatic rings. The molecule has 0 radical (unpaired) electrons. The highest BCUT2D eigenvalue weighted by molar-refractivity contribution is 6.31. The third-order valence-electron chi connectivity index (χ3n) is 4.58. The van der Waals surface area contributed by atoms with Crippen LogP contribution in [0.4, 0.5) is 0 Å². The Morgan fingerprint density at radius 3 is 2.70 bits per heavy atom. The first kappa shape index (κ1) is 19.0. The number of nitrogens with one attached hydrogen (secondary N) is 1. The number of aryl methyl sites for hydroxylation is 1. The zero-order chi connectivity index (χ0) is 19.6. The van der Waals surface area contributed by atoms with Gasteiger partial charge in [-0.3, -0.25) is 9.59 Å². The van der Waals surface area contributed by atoms with Gasteiger partial charge in [0.2, 0.25) is 5.43 Å². The van der Waals surface area contributed by atoms with E-state index in [9.17, 15) is 9.59 Å². The standard InChI is InChI=1S/C21H21ClN2O3/c1-4-24-12-17(20(25)16-11-14(22)9-10-18(16)24)21(26)23-13(2)15-7-5-6-8-19(15)27-3/h5-13H,4H2,1-3H3,(H,23,26)/t13-/m0/s1. The topological polar surface area (TPSA) is 60.3 Å². The lowest BCUT2D eigenvalue weighted by atomic mass is 10.1. The fourth-order valence-electron chi connectivity index (χ4n) is 3.17. The van der Waals surface area contributed by atoms with Crippen molar-refractivity contribution in [3.8, 4) is 5.75 Å². The molecular formula is C21H21ClN2O3. The van der Waals surface area contributed by atoms with Gasteiger partial charge >= 0.3 is 0 Å². The number of para-hydroxylation sites is 1. The molecule has 1 atom stereocenters. The van der Waals surface area contributed by atoms with Crippen LogP contribution in [0.1, 0.15) is 35.8 Å². The normalized spacial score (nSPS) is 12.0. The van der Waals surface area contributed by atoms with Crippen LogP contribution >= 0.6 is 11.6 Å². The third kappa shape index (κ3) is 3.69. The molecule has 3 aromatic rings. The summed E-state index contributed by atoms with van der Waals surface area (Å²) in [5, 5.41) is 3.79. The zero-order valence-electron chi connectivity index (χ0n) is 15.5. The molecular weight excluding hydrogens is 364 g/mol. The zero-order valence-corrected chi connectivity index (χ0v) is 16.2. The molecule has 3 rings (SSSR count). The summed E-state index contributed by atoms with van der Waals surface area (Å²) in [6, 6.07) is 12.3. The number of aromatic nitrogens is 1. The summed E-state index contributed by atoms with van der Waals surface area (Å²) in [5.41, 5.74) is 1.35.